The highest BCUT2D eigenvalue weighted by Gasteiger charge is 2.19. The van der Waals surface area contributed by atoms with Gasteiger partial charge >= 0.3 is 0 Å². The average molecular weight is 375 g/mol. The SMILES string of the molecule is COc1ccc(Oc2ccc(-c3cccc(C(=O)N4CCCC4)c3)nn2)cc1. The Morgan fingerprint density at radius 3 is 2.36 bits per heavy atom. The largest absolute Gasteiger partial charge is 0.497 e. The third kappa shape index (κ3) is 3.96. The lowest BCUT2D eigenvalue weighted by molar-refractivity contribution is 0.0793. The summed E-state index contributed by atoms with van der Waals surface area (Å²) in [6, 6.07) is 18.4. The minimum absolute atomic E-state index is 0.0757. The smallest absolute Gasteiger partial charge is 0.253 e. The first-order valence-corrected chi connectivity index (χ1v) is 9.28. The normalized spacial score (nSPS) is 13.4. The molecular weight excluding hydrogens is 354 g/mol. The Morgan fingerprint density at radius 1 is 0.929 bits per heavy atom. The number of carbonyl (C=O) groups excluding carboxylic acids is 1. The summed E-state index contributed by atoms with van der Waals surface area (Å²) < 4.78 is 10.8. The highest BCUT2D eigenvalue weighted by atomic mass is 16.5. The van der Waals surface area contributed by atoms with Gasteiger partial charge in [0, 0.05) is 30.3 Å². The van der Waals surface area contributed by atoms with E-state index in [1.54, 1.807) is 13.2 Å². The molecule has 6 nitrogen and oxygen atoms in total. The van der Waals surface area contributed by atoms with Crippen LogP contribution in [0.25, 0.3) is 11.3 Å². The van der Waals surface area contributed by atoms with Gasteiger partial charge in [-0.1, -0.05) is 12.1 Å². The molecule has 0 unspecified atom stereocenters. The van der Waals surface area contributed by atoms with E-state index < -0.39 is 0 Å². The molecule has 142 valence electrons. The maximum absolute atomic E-state index is 12.6. The first-order valence-electron chi connectivity index (χ1n) is 9.28. The number of hydrogen-bond acceptors (Lipinski definition) is 5. The highest BCUT2D eigenvalue weighted by molar-refractivity contribution is 5.95. The number of rotatable bonds is 5. The van der Waals surface area contributed by atoms with Crippen molar-refractivity contribution in [3.63, 3.8) is 0 Å². The maximum Gasteiger partial charge on any atom is 0.253 e. The Kier molecular flexibility index (Phi) is 5.19. The number of amides is 1. The average Bonchev–Trinajstić information content (AvgIpc) is 3.29. The molecule has 6 heteroatoms. The molecule has 0 saturated carbocycles. The Morgan fingerprint density at radius 2 is 1.68 bits per heavy atom. The van der Waals surface area contributed by atoms with Crippen LogP contribution in [0.2, 0.25) is 0 Å². The molecule has 28 heavy (non-hydrogen) atoms. The Hall–Kier alpha value is -3.41. The van der Waals surface area contributed by atoms with E-state index >= 15 is 0 Å². The van der Waals surface area contributed by atoms with E-state index in [-0.39, 0.29) is 5.91 Å². The minimum Gasteiger partial charge on any atom is -0.497 e. The molecule has 1 saturated heterocycles. The predicted molar refractivity (Wildman–Crippen MR) is 106 cm³/mol. The van der Waals surface area contributed by atoms with E-state index in [2.05, 4.69) is 10.2 Å². The molecule has 4 rings (SSSR count). The van der Waals surface area contributed by atoms with Crippen molar-refractivity contribution < 1.29 is 14.3 Å². The molecule has 0 bridgehead atoms. The summed E-state index contributed by atoms with van der Waals surface area (Å²) in [6.07, 6.45) is 2.15. The topological polar surface area (TPSA) is 64.6 Å². The molecular formula is C22H21N3O3. The summed E-state index contributed by atoms with van der Waals surface area (Å²) in [6.45, 7) is 1.67. The number of likely N-dealkylation sites (tertiary alicyclic amines) is 1. The van der Waals surface area contributed by atoms with Crippen LogP contribution in [0, 0.1) is 0 Å². The van der Waals surface area contributed by atoms with Crippen LogP contribution in [0.1, 0.15) is 23.2 Å². The van der Waals surface area contributed by atoms with Crippen LogP contribution in [0.3, 0.4) is 0 Å². The van der Waals surface area contributed by atoms with Crippen molar-refractivity contribution in [3.05, 3.63) is 66.2 Å². The van der Waals surface area contributed by atoms with Gasteiger partial charge in [0.2, 0.25) is 5.88 Å². The molecule has 3 aromatic rings. The third-order valence-electron chi connectivity index (χ3n) is 4.72. The second kappa shape index (κ2) is 8.08. The van der Waals surface area contributed by atoms with Crippen LogP contribution in [0.4, 0.5) is 0 Å². The monoisotopic (exact) mass is 375 g/mol. The van der Waals surface area contributed by atoms with Gasteiger partial charge in [-0.05, 0) is 55.3 Å². The van der Waals surface area contributed by atoms with E-state index in [1.165, 1.54) is 0 Å². The van der Waals surface area contributed by atoms with Crippen molar-refractivity contribution >= 4 is 5.91 Å². The van der Waals surface area contributed by atoms with Crippen LogP contribution in [0.15, 0.2) is 60.7 Å². The van der Waals surface area contributed by atoms with Gasteiger partial charge in [0.05, 0.1) is 12.8 Å². The van der Waals surface area contributed by atoms with Gasteiger partial charge in [0.25, 0.3) is 5.91 Å². The van der Waals surface area contributed by atoms with Crippen LogP contribution in [-0.4, -0.2) is 41.2 Å². The van der Waals surface area contributed by atoms with Crippen LogP contribution >= 0.6 is 0 Å². The molecule has 0 spiro atoms. The van der Waals surface area contributed by atoms with Crippen molar-refractivity contribution in [1.29, 1.82) is 0 Å². The lowest BCUT2D eigenvalue weighted by Gasteiger charge is -2.15. The van der Waals surface area contributed by atoms with Crippen molar-refractivity contribution in [1.82, 2.24) is 15.1 Å². The Balaban J connectivity index is 1.48. The fourth-order valence-corrected chi connectivity index (χ4v) is 3.21. The second-order valence-corrected chi connectivity index (χ2v) is 6.61. The van der Waals surface area contributed by atoms with E-state index in [0.29, 0.717) is 22.9 Å². The standard InChI is InChI=1S/C22H21N3O3/c1-27-18-7-9-19(10-8-18)28-21-12-11-20(23-24-21)16-5-4-6-17(15-16)22(26)25-13-2-3-14-25/h4-12,15H,2-3,13-14H2,1H3. The molecule has 1 fully saturated rings. The molecule has 1 aliphatic heterocycles. The van der Waals surface area contributed by atoms with Gasteiger partial charge in [0.1, 0.15) is 11.5 Å². The van der Waals surface area contributed by atoms with Gasteiger partial charge in [-0.25, -0.2) is 0 Å². The van der Waals surface area contributed by atoms with Crippen molar-refractivity contribution in [2.24, 2.45) is 0 Å². The lowest BCUT2D eigenvalue weighted by atomic mass is 10.1. The molecule has 2 heterocycles. The Labute approximate surface area is 163 Å². The van der Waals surface area contributed by atoms with Gasteiger partial charge in [-0.15, -0.1) is 10.2 Å². The molecule has 0 radical (unpaired) electrons. The van der Waals surface area contributed by atoms with Crippen LogP contribution in [-0.2, 0) is 0 Å². The van der Waals surface area contributed by atoms with Crippen molar-refractivity contribution in [2.45, 2.75) is 12.8 Å². The maximum atomic E-state index is 12.6. The lowest BCUT2D eigenvalue weighted by Crippen LogP contribution is -2.27. The highest BCUT2D eigenvalue weighted by Crippen LogP contribution is 2.24. The van der Waals surface area contributed by atoms with Crippen molar-refractivity contribution in [2.75, 3.05) is 20.2 Å². The number of ether oxygens (including phenoxy) is 2. The summed E-state index contributed by atoms with van der Waals surface area (Å²) in [5.74, 6) is 1.89. The zero-order chi connectivity index (χ0) is 19.3. The number of hydrogen-bond donors (Lipinski definition) is 0. The zero-order valence-electron chi connectivity index (χ0n) is 15.7. The summed E-state index contributed by atoms with van der Waals surface area (Å²) in [7, 11) is 1.62. The summed E-state index contributed by atoms with van der Waals surface area (Å²) in [5, 5.41) is 8.40. The van der Waals surface area contributed by atoms with E-state index in [1.807, 2.05) is 59.5 Å². The number of nitrogens with zero attached hydrogens (tertiary/aromatic N) is 3. The zero-order valence-corrected chi connectivity index (χ0v) is 15.7. The van der Waals surface area contributed by atoms with E-state index in [9.17, 15) is 4.79 Å². The third-order valence-corrected chi connectivity index (χ3v) is 4.72. The predicted octanol–water partition coefficient (Wildman–Crippen LogP) is 4.18. The van der Waals surface area contributed by atoms with E-state index in [0.717, 1.165) is 37.2 Å². The molecule has 0 aliphatic carbocycles. The second-order valence-electron chi connectivity index (χ2n) is 6.61. The minimum atomic E-state index is 0.0757. The number of aromatic nitrogens is 2. The molecule has 2 aromatic carbocycles. The fourth-order valence-electron chi connectivity index (χ4n) is 3.21. The number of methoxy groups -OCH3 is 1. The molecule has 1 amide bonds. The Bertz CT molecular complexity index is 950. The summed E-state index contributed by atoms with van der Waals surface area (Å²) in [5.41, 5.74) is 2.23. The fraction of sp³-hybridized carbons (Fsp3) is 0.227. The van der Waals surface area contributed by atoms with Gasteiger partial charge in [-0.3, -0.25) is 4.79 Å². The summed E-state index contributed by atoms with van der Waals surface area (Å²) in [4.78, 5) is 14.5. The molecule has 1 aromatic heterocycles. The molecule has 0 N–H and O–H groups in total. The van der Waals surface area contributed by atoms with E-state index in [4.69, 9.17) is 9.47 Å². The quantitative estimate of drug-likeness (QED) is 0.669. The first-order chi connectivity index (χ1) is 13.7. The van der Waals surface area contributed by atoms with Crippen molar-refractivity contribution in [3.8, 4) is 28.6 Å². The van der Waals surface area contributed by atoms with Crippen LogP contribution in [0.5, 0.6) is 17.4 Å². The van der Waals surface area contributed by atoms with Gasteiger partial charge < -0.3 is 14.4 Å². The summed E-state index contributed by atoms with van der Waals surface area (Å²) >= 11 is 0. The molecule has 1 aliphatic rings. The molecule has 0 atom stereocenters. The number of carbonyl (C=O) groups is 1. The number of benzene rings is 2. The van der Waals surface area contributed by atoms with Gasteiger partial charge in [-0.2, -0.15) is 0 Å². The first kappa shape index (κ1) is 18.0. The van der Waals surface area contributed by atoms with Gasteiger partial charge in [0.15, 0.2) is 0 Å². The van der Waals surface area contributed by atoms with Crippen LogP contribution < -0.4 is 9.47 Å².